The van der Waals surface area contributed by atoms with E-state index in [-0.39, 0.29) is 12.8 Å². The quantitative estimate of drug-likeness (QED) is 0.639. The normalized spacial score (nSPS) is 13.9. The molecular formula is C15H18N4O3. The molecule has 0 fully saturated rings. The van der Waals surface area contributed by atoms with Crippen molar-refractivity contribution in [3.8, 4) is 0 Å². The van der Waals surface area contributed by atoms with E-state index >= 15 is 0 Å². The number of imidazole rings is 1. The standard InChI is InChI=1S/C15H18N4O3/c16-19-10-17-9-12(19)8-13(15(21)22)18-14(20)7-6-11-4-2-1-3-5-11/h1-5,9-10,13H,6-8,16H2,(H,18,20)(H,21,22)/t13-/m0/s1/i6D/t6-,13-. The van der Waals surface area contributed by atoms with Crippen molar-refractivity contribution in [1.82, 2.24) is 15.0 Å². The van der Waals surface area contributed by atoms with Gasteiger partial charge in [-0.3, -0.25) is 9.47 Å². The van der Waals surface area contributed by atoms with E-state index < -0.39 is 24.3 Å². The molecule has 7 nitrogen and oxygen atoms in total. The number of nitrogen functional groups attached to an aromatic ring is 1. The highest BCUT2D eigenvalue weighted by Gasteiger charge is 2.21. The number of carboxylic acids is 1. The van der Waals surface area contributed by atoms with Crippen LogP contribution >= 0.6 is 0 Å². The Kier molecular flexibility index (Phi) is 4.66. The van der Waals surface area contributed by atoms with Gasteiger partial charge in [-0.15, -0.1) is 0 Å². The van der Waals surface area contributed by atoms with Crippen molar-refractivity contribution in [3.63, 3.8) is 0 Å². The lowest BCUT2D eigenvalue weighted by Crippen LogP contribution is -2.43. The molecule has 1 aromatic heterocycles. The maximum atomic E-state index is 12.0. The molecule has 22 heavy (non-hydrogen) atoms. The van der Waals surface area contributed by atoms with E-state index in [2.05, 4.69) is 10.3 Å². The summed E-state index contributed by atoms with van der Waals surface area (Å²) in [5.41, 5.74) is 1.19. The SMILES string of the molecule is [2H][C@@H](CC(=O)N[C@@H](Cc1cncn1N)C(=O)O)c1ccccc1. The van der Waals surface area contributed by atoms with Gasteiger partial charge >= 0.3 is 5.97 Å². The van der Waals surface area contributed by atoms with Crippen LogP contribution in [0.4, 0.5) is 0 Å². The summed E-state index contributed by atoms with van der Waals surface area (Å²) < 4.78 is 9.19. The fraction of sp³-hybridized carbons (Fsp3) is 0.267. The van der Waals surface area contributed by atoms with Crippen molar-refractivity contribution in [1.29, 1.82) is 0 Å². The van der Waals surface area contributed by atoms with Crippen molar-refractivity contribution < 1.29 is 16.1 Å². The minimum atomic E-state index is -1.17. The van der Waals surface area contributed by atoms with Crippen molar-refractivity contribution in [3.05, 3.63) is 54.1 Å². The number of rotatable bonds is 7. The van der Waals surface area contributed by atoms with Gasteiger partial charge in [0, 0.05) is 14.2 Å². The first-order valence-electron chi connectivity index (χ1n) is 7.30. The first-order chi connectivity index (χ1) is 11.0. The van der Waals surface area contributed by atoms with E-state index in [0.717, 1.165) is 0 Å². The molecule has 0 aliphatic carbocycles. The second kappa shape index (κ2) is 7.26. The molecule has 0 spiro atoms. The number of benzene rings is 1. The number of nitrogens with two attached hydrogens (primary N) is 1. The Morgan fingerprint density at radius 1 is 1.41 bits per heavy atom. The highest BCUT2D eigenvalue weighted by molar-refractivity contribution is 5.83. The van der Waals surface area contributed by atoms with Gasteiger partial charge in [0.1, 0.15) is 12.4 Å². The van der Waals surface area contributed by atoms with Crippen molar-refractivity contribution in [2.75, 3.05) is 5.84 Å². The monoisotopic (exact) mass is 303 g/mol. The summed E-state index contributed by atoms with van der Waals surface area (Å²) in [6.07, 6.45) is 1.96. The zero-order valence-corrected chi connectivity index (χ0v) is 11.8. The molecule has 0 saturated carbocycles. The molecule has 4 N–H and O–H groups in total. The Balaban J connectivity index is 1.96. The molecule has 116 valence electrons. The first-order valence-corrected chi connectivity index (χ1v) is 6.73. The zero-order valence-electron chi connectivity index (χ0n) is 12.8. The Morgan fingerprint density at radius 2 is 2.14 bits per heavy atom. The van der Waals surface area contributed by atoms with E-state index in [1.807, 2.05) is 6.07 Å². The number of nitrogens with one attached hydrogen (secondary N) is 1. The maximum Gasteiger partial charge on any atom is 0.326 e. The summed E-state index contributed by atoms with van der Waals surface area (Å²) in [5, 5.41) is 11.7. The Labute approximate surface area is 129 Å². The zero-order chi connectivity index (χ0) is 16.8. The number of aromatic nitrogens is 2. The van der Waals surface area contributed by atoms with Crippen LogP contribution in [0.1, 0.15) is 19.0 Å². The lowest BCUT2D eigenvalue weighted by atomic mass is 10.1. The minimum Gasteiger partial charge on any atom is -0.480 e. The Morgan fingerprint density at radius 3 is 2.73 bits per heavy atom. The molecule has 1 aromatic carbocycles. The average molecular weight is 303 g/mol. The molecule has 0 saturated heterocycles. The van der Waals surface area contributed by atoms with Crippen LogP contribution < -0.4 is 11.2 Å². The molecule has 2 atom stereocenters. The number of amides is 1. The Hall–Kier alpha value is -2.83. The van der Waals surface area contributed by atoms with Gasteiger partial charge in [-0.1, -0.05) is 30.3 Å². The van der Waals surface area contributed by atoms with E-state index in [1.165, 1.54) is 17.2 Å². The van der Waals surface area contributed by atoms with Gasteiger partial charge in [-0.2, -0.15) is 0 Å². The minimum absolute atomic E-state index is 0.0194. The van der Waals surface area contributed by atoms with Gasteiger partial charge in [-0.05, 0) is 12.0 Å². The molecule has 2 aromatic rings. The molecule has 0 bridgehead atoms. The largest absolute Gasteiger partial charge is 0.480 e. The van der Waals surface area contributed by atoms with Gasteiger partial charge in [0.15, 0.2) is 0 Å². The second-order valence-corrected chi connectivity index (χ2v) is 4.77. The summed E-state index contributed by atoms with van der Waals surface area (Å²) in [4.78, 5) is 27.1. The molecule has 2 rings (SSSR count). The number of aliphatic carboxylic acids is 1. The van der Waals surface area contributed by atoms with Gasteiger partial charge in [0.2, 0.25) is 5.91 Å². The van der Waals surface area contributed by atoms with Gasteiger partial charge < -0.3 is 16.3 Å². The molecule has 7 heteroatoms. The molecule has 0 unspecified atom stereocenters. The van der Waals surface area contributed by atoms with Crippen molar-refractivity contribution in [2.45, 2.75) is 25.3 Å². The predicted octanol–water partition coefficient (Wildman–Crippen LogP) is 0.342. The predicted molar refractivity (Wildman–Crippen MR) is 80.4 cm³/mol. The maximum absolute atomic E-state index is 12.0. The summed E-state index contributed by atoms with van der Waals surface area (Å²) in [6, 6.07) is 7.80. The van der Waals surface area contributed by atoms with Crippen molar-refractivity contribution >= 4 is 11.9 Å². The molecule has 1 heterocycles. The lowest BCUT2D eigenvalue weighted by Gasteiger charge is -2.14. The number of hydrogen-bond donors (Lipinski definition) is 3. The number of hydrogen-bond acceptors (Lipinski definition) is 4. The summed E-state index contributed by atoms with van der Waals surface area (Å²) in [5.74, 6) is 3.93. The number of carbonyl (C=O) groups is 2. The summed E-state index contributed by atoms with van der Waals surface area (Å²) >= 11 is 0. The van der Waals surface area contributed by atoms with Crippen LogP contribution in [0.2, 0.25) is 0 Å². The molecule has 0 aliphatic rings. The third-order valence-corrected chi connectivity index (χ3v) is 3.12. The number of carboxylic acid groups (broad SMARTS) is 1. The van der Waals surface area contributed by atoms with Crippen LogP contribution in [0.5, 0.6) is 0 Å². The van der Waals surface area contributed by atoms with Crippen LogP contribution in [0.3, 0.4) is 0 Å². The molecule has 0 radical (unpaired) electrons. The van der Waals surface area contributed by atoms with Crippen LogP contribution in [-0.2, 0) is 22.4 Å². The third kappa shape index (κ3) is 4.34. The molecule has 1 amide bonds. The first kappa shape index (κ1) is 14.1. The number of nitrogens with zero attached hydrogens (tertiary/aromatic N) is 2. The fourth-order valence-electron chi connectivity index (χ4n) is 1.95. The van der Waals surface area contributed by atoms with E-state index in [4.69, 9.17) is 7.21 Å². The van der Waals surface area contributed by atoms with E-state index in [0.29, 0.717) is 11.3 Å². The van der Waals surface area contributed by atoms with Gasteiger partial charge in [0.25, 0.3) is 0 Å². The molecule has 0 aliphatic heterocycles. The van der Waals surface area contributed by atoms with Crippen LogP contribution in [0, 0.1) is 0 Å². The smallest absolute Gasteiger partial charge is 0.326 e. The van der Waals surface area contributed by atoms with Crippen LogP contribution in [0.25, 0.3) is 0 Å². The second-order valence-electron chi connectivity index (χ2n) is 4.77. The highest BCUT2D eigenvalue weighted by Crippen LogP contribution is 2.04. The fourth-order valence-corrected chi connectivity index (χ4v) is 1.95. The van der Waals surface area contributed by atoms with E-state index in [1.54, 1.807) is 24.3 Å². The summed E-state index contributed by atoms with van der Waals surface area (Å²) in [7, 11) is 0. The average Bonchev–Trinajstić information content (AvgIpc) is 2.92. The van der Waals surface area contributed by atoms with Gasteiger partial charge in [-0.25, -0.2) is 9.78 Å². The molecular weight excluding hydrogens is 284 g/mol. The number of aryl methyl sites for hydroxylation is 1. The topological polar surface area (TPSA) is 110 Å². The highest BCUT2D eigenvalue weighted by atomic mass is 16.4. The Bertz CT molecular complexity index is 674. The lowest BCUT2D eigenvalue weighted by molar-refractivity contribution is -0.141. The third-order valence-electron chi connectivity index (χ3n) is 3.12. The van der Waals surface area contributed by atoms with E-state index in [9.17, 15) is 14.7 Å². The van der Waals surface area contributed by atoms with Gasteiger partial charge in [0.05, 0.1) is 11.9 Å². The van der Waals surface area contributed by atoms with Crippen LogP contribution in [-0.4, -0.2) is 32.7 Å². The number of carbonyl (C=O) groups excluding carboxylic acids is 1. The summed E-state index contributed by atoms with van der Waals surface area (Å²) in [6.45, 7) is 0. The van der Waals surface area contributed by atoms with Crippen molar-refractivity contribution in [2.24, 2.45) is 0 Å². The van der Waals surface area contributed by atoms with Crippen LogP contribution in [0.15, 0.2) is 42.9 Å².